The molecule has 0 aliphatic rings. The van der Waals surface area contributed by atoms with Crippen LogP contribution in [0.15, 0.2) is 35.4 Å². The second-order valence-electron chi connectivity index (χ2n) is 4.47. The van der Waals surface area contributed by atoms with E-state index in [2.05, 4.69) is 25.5 Å². The Kier molecular flexibility index (Phi) is 3.07. The lowest BCUT2D eigenvalue weighted by molar-refractivity contribution is 0.598. The zero-order valence-electron chi connectivity index (χ0n) is 11.0. The number of fused-ring (bicyclic) bond motifs is 1. The fraction of sp³-hybridized carbons (Fsp3) is 0.0833. The molecule has 3 aromatic rings. The van der Waals surface area contributed by atoms with Gasteiger partial charge in [0.1, 0.15) is 0 Å². The van der Waals surface area contributed by atoms with Gasteiger partial charge in [-0.2, -0.15) is 10.1 Å². The summed E-state index contributed by atoms with van der Waals surface area (Å²) in [4.78, 5) is 8.48. The molecule has 2 aromatic heterocycles. The number of aryl methyl sites for hydroxylation is 1. The van der Waals surface area contributed by atoms with E-state index in [4.69, 9.17) is 5.14 Å². The summed E-state index contributed by atoms with van der Waals surface area (Å²) in [5.41, 5.74) is 2.11. The number of benzene rings is 1. The van der Waals surface area contributed by atoms with E-state index in [0.29, 0.717) is 17.3 Å². The minimum atomic E-state index is -3.69. The van der Waals surface area contributed by atoms with Gasteiger partial charge in [0.05, 0.1) is 10.3 Å². The second-order valence-corrected chi connectivity index (χ2v) is 6.04. The van der Waals surface area contributed by atoms with Gasteiger partial charge in [-0.25, -0.2) is 18.5 Å². The lowest BCUT2D eigenvalue weighted by Gasteiger charge is -2.05. The van der Waals surface area contributed by atoms with Crippen LogP contribution in [0.1, 0.15) is 5.69 Å². The normalized spacial score (nSPS) is 11.7. The average molecular weight is 304 g/mol. The fourth-order valence-electron chi connectivity index (χ4n) is 1.84. The van der Waals surface area contributed by atoms with Gasteiger partial charge in [-0.3, -0.25) is 5.10 Å². The first kappa shape index (κ1) is 13.5. The Morgan fingerprint density at radius 1 is 1.24 bits per heavy atom. The smallest absolute Gasteiger partial charge is 0.238 e. The minimum absolute atomic E-state index is 0.0485. The van der Waals surface area contributed by atoms with Crippen molar-refractivity contribution in [2.45, 2.75) is 11.8 Å². The second kappa shape index (κ2) is 4.79. The van der Waals surface area contributed by atoms with E-state index >= 15 is 0 Å². The van der Waals surface area contributed by atoms with Gasteiger partial charge in [-0.15, -0.1) is 0 Å². The number of hydrogen-bond acceptors (Lipinski definition) is 6. The van der Waals surface area contributed by atoms with Crippen LogP contribution in [0.4, 0.5) is 11.6 Å². The molecule has 0 radical (unpaired) electrons. The van der Waals surface area contributed by atoms with Crippen molar-refractivity contribution >= 4 is 32.7 Å². The van der Waals surface area contributed by atoms with Crippen molar-refractivity contribution in [1.29, 1.82) is 0 Å². The number of nitrogens with one attached hydrogen (secondary N) is 2. The van der Waals surface area contributed by atoms with Crippen molar-refractivity contribution in [3.8, 4) is 0 Å². The van der Waals surface area contributed by atoms with Crippen molar-refractivity contribution < 1.29 is 8.42 Å². The van der Waals surface area contributed by atoms with Crippen LogP contribution in [0.3, 0.4) is 0 Å². The molecule has 0 aliphatic carbocycles. The van der Waals surface area contributed by atoms with E-state index in [1.165, 1.54) is 12.1 Å². The number of anilines is 2. The number of rotatable bonds is 3. The van der Waals surface area contributed by atoms with Crippen molar-refractivity contribution in [3.05, 3.63) is 36.2 Å². The molecule has 108 valence electrons. The van der Waals surface area contributed by atoms with Crippen LogP contribution in [0.25, 0.3) is 11.0 Å². The molecule has 0 saturated carbocycles. The van der Waals surface area contributed by atoms with Gasteiger partial charge in [0.15, 0.2) is 5.65 Å². The highest BCUT2D eigenvalue weighted by molar-refractivity contribution is 7.89. The summed E-state index contributed by atoms with van der Waals surface area (Å²) in [6.45, 7) is 1.89. The van der Waals surface area contributed by atoms with Crippen LogP contribution in [0.2, 0.25) is 0 Å². The van der Waals surface area contributed by atoms with Gasteiger partial charge >= 0.3 is 0 Å². The molecule has 8 nitrogen and oxygen atoms in total. The summed E-state index contributed by atoms with van der Waals surface area (Å²) in [5, 5.41) is 15.7. The maximum absolute atomic E-state index is 11.2. The molecule has 0 amide bonds. The molecule has 0 saturated heterocycles. The topological polar surface area (TPSA) is 127 Å². The Morgan fingerprint density at radius 2 is 1.95 bits per heavy atom. The van der Waals surface area contributed by atoms with E-state index < -0.39 is 10.0 Å². The molecule has 1 aromatic carbocycles. The molecule has 0 fully saturated rings. The van der Waals surface area contributed by atoms with Gasteiger partial charge in [0.25, 0.3) is 0 Å². The first-order valence-corrected chi connectivity index (χ1v) is 7.56. The van der Waals surface area contributed by atoms with Crippen molar-refractivity contribution in [2.75, 3.05) is 5.32 Å². The summed E-state index contributed by atoms with van der Waals surface area (Å²) < 4.78 is 22.3. The van der Waals surface area contributed by atoms with Crippen LogP contribution in [0.5, 0.6) is 0 Å². The van der Waals surface area contributed by atoms with Crippen LogP contribution in [-0.2, 0) is 10.0 Å². The molecule has 0 aliphatic heterocycles. The van der Waals surface area contributed by atoms with E-state index in [1.807, 2.05) is 6.92 Å². The highest BCUT2D eigenvalue weighted by Gasteiger charge is 2.08. The SMILES string of the molecule is Cc1[nH]nc2nc(Nc3ccc(S(N)(=O)=O)cc3)ncc12. The van der Waals surface area contributed by atoms with Crippen molar-refractivity contribution in [3.63, 3.8) is 0 Å². The molecular weight excluding hydrogens is 292 g/mol. The van der Waals surface area contributed by atoms with Crippen LogP contribution in [0, 0.1) is 6.92 Å². The number of nitrogens with zero attached hydrogens (tertiary/aromatic N) is 3. The van der Waals surface area contributed by atoms with Crippen molar-refractivity contribution in [1.82, 2.24) is 20.2 Å². The average Bonchev–Trinajstić information content (AvgIpc) is 2.80. The molecule has 0 unspecified atom stereocenters. The maximum atomic E-state index is 11.2. The number of nitrogens with two attached hydrogens (primary N) is 1. The van der Waals surface area contributed by atoms with Crippen LogP contribution in [-0.4, -0.2) is 28.6 Å². The minimum Gasteiger partial charge on any atom is -0.324 e. The quantitative estimate of drug-likeness (QED) is 0.664. The summed E-state index contributed by atoms with van der Waals surface area (Å²) >= 11 is 0. The van der Waals surface area contributed by atoms with Crippen molar-refractivity contribution in [2.24, 2.45) is 5.14 Å². The number of primary sulfonamides is 1. The standard InChI is InChI=1S/C12H12N6O2S/c1-7-10-6-14-12(16-11(10)18-17-7)15-8-2-4-9(5-3-8)21(13,19)20/h2-6H,1H3,(H2,13,19,20)(H2,14,15,16,17,18). The Balaban J connectivity index is 1.88. The Labute approximate surface area is 120 Å². The molecule has 2 heterocycles. The van der Waals surface area contributed by atoms with E-state index in [0.717, 1.165) is 11.1 Å². The van der Waals surface area contributed by atoms with Crippen LogP contribution < -0.4 is 10.5 Å². The first-order valence-electron chi connectivity index (χ1n) is 6.01. The number of aromatic nitrogens is 4. The molecule has 0 spiro atoms. The molecular formula is C12H12N6O2S. The first-order chi connectivity index (χ1) is 9.93. The predicted molar refractivity (Wildman–Crippen MR) is 77.5 cm³/mol. The zero-order valence-corrected chi connectivity index (χ0v) is 11.8. The van der Waals surface area contributed by atoms with Gasteiger partial charge in [0.2, 0.25) is 16.0 Å². The Hall–Kier alpha value is -2.52. The largest absolute Gasteiger partial charge is 0.324 e. The number of aromatic amines is 1. The number of H-pyrrole nitrogens is 1. The molecule has 9 heteroatoms. The number of hydrogen-bond donors (Lipinski definition) is 3. The number of sulfonamides is 1. The Bertz CT molecular complexity index is 901. The van der Waals surface area contributed by atoms with Gasteiger partial charge < -0.3 is 5.32 Å². The summed E-state index contributed by atoms with van der Waals surface area (Å²) in [6.07, 6.45) is 1.67. The van der Waals surface area contributed by atoms with Crippen LogP contribution >= 0.6 is 0 Å². The Morgan fingerprint density at radius 3 is 2.62 bits per heavy atom. The third-order valence-electron chi connectivity index (χ3n) is 2.94. The summed E-state index contributed by atoms with van der Waals surface area (Å²) in [7, 11) is -3.69. The molecule has 3 rings (SSSR count). The predicted octanol–water partition coefficient (Wildman–Crippen LogP) is 1.05. The fourth-order valence-corrected chi connectivity index (χ4v) is 2.35. The lowest BCUT2D eigenvalue weighted by Crippen LogP contribution is -2.11. The summed E-state index contributed by atoms with van der Waals surface area (Å²) in [5.74, 6) is 0.373. The molecule has 21 heavy (non-hydrogen) atoms. The molecule has 0 atom stereocenters. The molecule has 0 bridgehead atoms. The van der Waals surface area contributed by atoms with Gasteiger partial charge in [-0.1, -0.05) is 0 Å². The monoisotopic (exact) mass is 304 g/mol. The van der Waals surface area contributed by atoms with Gasteiger partial charge in [0, 0.05) is 17.6 Å². The van der Waals surface area contributed by atoms with E-state index in [-0.39, 0.29) is 4.90 Å². The lowest BCUT2D eigenvalue weighted by atomic mass is 10.3. The highest BCUT2D eigenvalue weighted by atomic mass is 32.2. The van der Waals surface area contributed by atoms with E-state index in [9.17, 15) is 8.42 Å². The van der Waals surface area contributed by atoms with E-state index in [1.54, 1.807) is 18.3 Å². The zero-order chi connectivity index (χ0) is 15.0. The maximum Gasteiger partial charge on any atom is 0.238 e. The third-order valence-corrected chi connectivity index (χ3v) is 3.87. The third kappa shape index (κ3) is 2.69. The summed E-state index contributed by atoms with van der Waals surface area (Å²) in [6, 6.07) is 6.00. The highest BCUT2D eigenvalue weighted by Crippen LogP contribution is 2.18. The molecule has 4 N–H and O–H groups in total. The van der Waals surface area contributed by atoms with Gasteiger partial charge in [-0.05, 0) is 31.2 Å².